The van der Waals surface area contributed by atoms with E-state index in [0.29, 0.717) is 12.3 Å². The molecule has 2 rings (SSSR count). The first-order valence-electron chi connectivity index (χ1n) is 7.06. The van der Waals surface area contributed by atoms with E-state index in [0.717, 1.165) is 25.9 Å². The van der Waals surface area contributed by atoms with Gasteiger partial charge in [0.2, 0.25) is 5.91 Å². The third-order valence-corrected chi connectivity index (χ3v) is 3.83. The van der Waals surface area contributed by atoms with E-state index in [4.69, 9.17) is 5.84 Å². The summed E-state index contributed by atoms with van der Waals surface area (Å²) in [6.45, 7) is 3.40. The van der Waals surface area contributed by atoms with Gasteiger partial charge in [-0.25, -0.2) is 5.84 Å². The molecule has 1 unspecified atom stereocenters. The van der Waals surface area contributed by atoms with E-state index in [-0.39, 0.29) is 5.91 Å². The molecule has 0 aromatic heterocycles. The molecular weight excluding hydrogens is 238 g/mol. The third kappa shape index (κ3) is 4.33. The van der Waals surface area contributed by atoms with E-state index < -0.39 is 0 Å². The lowest BCUT2D eigenvalue weighted by molar-refractivity contribution is -0.121. The fourth-order valence-electron chi connectivity index (χ4n) is 2.73. The summed E-state index contributed by atoms with van der Waals surface area (Å²) in [6, 6.07) is 10.7. The van der Waals surface area contributed by atoms with Crippen LogP contribution in [0.5, 0.6) is 0 Å². The van der Waals surface area contributed by atoms with Crippen molar-refractivity contribution in [2.45, 2.75) is 31.6 Å². The molecule has 0 aliphatic carbocycles. The van der Waals surface area contributed by atoms with Gasteiger partial charge >= 0.3 is 0 Å². The molecule has 1 fully saturated rings. The average Bonchev–Trinajstić information content (AvgIpc) is 2.93. The zero-order chi connectivity index (χ0) is 13.5. The smallest absolute Gasteiger partial charge is 0.233 e. The second-order valence-electron chi connectivity index (χ2n) is 5.22. The number of amides is 1. The maximum absolute atomic E-state index is 11.0. The molecule has 1 heterocycles. The Balaban J connectivity index is 1.67. The Labute approximate surface area is 114 Å². The Morgan fingerprint density at radius 2 is 2.11 bits per heavy atom. The molecule has 1 atom stereocenters. The summed E-state index contributed by atoms with van der Waals surface area (Å²) in [7, 11) is 0. The Morgan fingerprint density at radius 1 is 1.32 bits per heavy atom. The average molecular weight is 261 g/mol. The number of nitrogens with two attached hydrogens (primary N) is 1. The van der Waals surface area contributed by atoms with Crippen LogP contribution < -0.4 is 11.3 Å². The van der Waals surface area contributed by atoms with Crippen molar-refractivity contribution >= 4 is 5.91 Å². The van der Waals surface area contributed by atoms with Gasteiger partial charge in [0.05, 0.1) is 0 Å². The maximum atomic E-state index is 11.0. The zero-order valence-corrected chi connectivity index (χ0v) is 11.3. The minimum atomic E-state index is -0.0661. The number of hydrogen-bond acceptors (Lipinski definition) is 3. The molecule has 1 amide bonds. The summed E-state index contributed by atoms with van der Waals surface area (Å²) >= 11 is 0. The van der Waals surface area contributed by atoms with Gasteiger partial charge in [0.25, 0.3) is 0 Å². The van der Waals surface area contributed by atoms with Crippen LogP contribution in [-0.2, 0) is 4.79 Å². The Bertz CT molecular complexity index is 394. The third-order valence-electron chi connectivity index (χ3n) is 3.83. The first-order chi connectivity index (χ1) is 9.29. The molecule has 104 valence electrons. The number of likely N-dealkylation sites (tertiary alicyclic amines) is 1. The van der Waals surface area contributed by atoms with Gasteiger partial charge in [-0.1, -0.05) is 30.3 Å². The van der Waals surface area contributed by atoms with E-state index in [2.05, 4.69) is 40.7 Å². The van der Waals surface area contributed by atoms with Crippen molar-refractivity contribution in [2.75, 3.05) is 19.6 Å². The van der Waals surface area contributed by atoms with Gasteiger partial charge in [-0.05, 0) is 43.8 Å². The summed E-state index contributed by atoms with van der Waals surface area (Å²) in [4.78, 5) is 13.5. The number of hydrazine groups is 1. The van der Waals surface area contributed by atoms with Crippen LogP contribution in [0.2, 0.25) is 0 Å². The summed E-state index contributed by atoms with van der Waals surface area (Å²) in [5.41, 5.74) is 3.62. The quantitative estimate of drug-likeness (QED) is 0.354. The molecule has 1 saturated heterocycles. The Kier molecular flexibility index (Phi) is 5.36. The molecular formula is C15H23N3O. The van der Waals surface area contributed by atoms with Crippen LogP contribution in [0.15, 0.2) is 30.3 Å². The zero-order valence-electron chi connectivity index (χ0n) is 11.3. The molecule has 0 bridgehead atoms. The van der Waals surface area contributed by atoms with Crippen molar-refractivity contribution in [3.05, 3.63) is 35.9 Å². The molecule has 0 saturated carbocycles. The van der Waals surface area contributed by atoms with Crippen molar-refractivity contribution in [1.82, 2.24) is 10.3 Å². The van der Waals surface area contributed by atoms with Gasteiger partial charge in [0.15, 0.2) is 0 Å². The predicted octanol–water partition coefficient (Wildman–Crippen LogP) is 1.64. The molecule has 1 aliphatic rings. The molecule has 4 heteroatoms. The largest absolute Gasteiger partial charge is 0.303 e. The summed E-state index contributed by atoms with van der Waals surface area (Å²) in [5.74, 6) is 5.66. The van der Waals surface area contributed by atoms with Crippen LogP contribution in [0.4, 0.5) is 0 Å². The topological polar surface area (TPSA) is 58.4 Å². The summed E-state index contributed by atoms with van der Waals surface area (Å²) < 4.78 is 0. The maximum Gasteiger partial charge on any atom is 0.233 e. The first kappa shape index (κ1) is 14.0. The summed E-state index contributed by atoms with van der Waals surface area (Å²) in [6.07, 6.45) is 3.75. The van der Waals surface area contributed by atoms with Crippen molar-refractivity contribution in [1.29, 1.82) is 0 Å². The number of unbranched alkanes of at least 4 members (excludes halogenated alkanes) is 1. The van der Waals surface area contributed by atoms with Gasteiger partial charge in [-0.15, -0.1) is 0 Å². The van der Waals surface area contributed by atoms with Gasteiger partial charge in [-0.3, -0.25) is 10.2 Å². The molecule has 1 aromatic carbocycles. The highest BCUT2D eigenvalue weighted by Gasteiger charge is 2.22. The molecule has 4 nitrogen and oxygen atoms in total. The number of nitrogens with one attached hydrogen (secondary N) is 1. The molecule has 19 heavy (non-hydrogen) atoms. The predicted molar refractivity (Wildman–Crippen MR) is 76.4 cm³/mol. The Hall–Kier alpha value is -1.39. The number of benzene rings is 1. The highest BCUT2D eigenvalue weighted by molar-refractivity contribution is 5.75. The van der Waals surface area contributed by atoms with E-state index in [9.17, 15) is 4.79 Å². The first-order valence-corrected chi connectivity index (χ1v) is 7.06. The van der Waals surface area contributed by atoms with Crippen LogP contribution in [0.1, 0.15) is 37.2 Å². The molecule has 0 spiro atoms. The number of rotatable bonds is 6. The number of carbonyl (C=O) groups is 1. The summed E-state index contributed by atoms with van der Waals surface area (Å²) in [5, 5.41) is 0. The lowest BCUT2D eigenvalue weighted by Gasteiger charge is -2.15. The van der Waals surface area contributed by atoms with Gasteiger partial charge in [0, 0.05) is 13.0 Å². The fourth-order valence-corrected chi connectivity index (χ4v) is 2.73. The lowest BCUT2D eigenvalue weighted by Crippen LogP contribution is -2.30. The molecule has 1 aliphatic heterocycles. The van der Waals surface area contributed by atoms with E-state index in [1.807, 2.05) is 0 Å². The standard InChI is InChI=1S/C15H23N3O/c16-17-15(19)8-4-5-10-18-11-9-14(12-18)13-6-2-1-3-7-13/h1-3,6-7,14H,4-5,8-12,16H2,(H,17,19). The van der Waals surface area contributed by atoms with E-state index in [1.54, 1.807) is 0 Å². The van der Waals surface area contributed by atoms with Crippen LogP contribution in [-0.4, -0.2) is 30.4 Å². The van der Waals surface area contributed by atoms with Crippen molar-refractivity contribution in [3.63, 3.8) is 0 Å². The van der Waals surface area contributed by atoms with Gasteiger partial charge < -0.3 is 4.90 Å². The Morgan fingerprint density at radius 3 is 2.84 bits per heavy atom. The van der Waals surface area contributed by atoms with Crippen LogP contribution >= 0.6 is 0 Å². The van der Waals surface area contributed by atoms with E-state index in [1.165, 1.54) is 18.5 Å². The van der Waals surface area contributed by atoms with Gasteiger partial charge in [0.1, 0.15) is 0 Å². The van der Waals surface area contributed by atoms with Crippen LogP contribution in [0.25, 0.3) is 0 Å². The minimum absolute atomic E-state index is 0.0661. The molecule has 1 aromatic rings. The van der Waals surface area contributed by atoms with Crippen LogP contribution in [0.3, 0.4) is 0 Å². The number of hydrogen-bond donors (Lipinski definition) is 2. The SMILES string of the molecule is NNC(=O)CCCCN1CCC(c2ccccc2)C1. The minimum Gasteiger partial charge on any atom is -0.303 e. The van der Waals surface area contributed by atoms with E-state index >= 15 is 0 Å². The van der Waals surface area contributed by atoms with Crippen molar-refractivity contribution < 1.29 is 4.79 Å². The molecule has 0 radical (unpaired) electrons. The monoisotopic (exact) mass is 261 g/mol. The van der Waals surface area contributed by atoms with Gasteiger partial charge in [-0.2, -0.15) is 0 Å². The number of carbonyl (C=O) groups excluding carboxylic acids is 1. The highest BCUT2D eigenvalue weighted by Crippen LogP contribution is 2.26. The van der Waals surface area contributed by atoms with Crippen molar-refractivity contribution in [2.24, 2.45) is 5.84 Å². The normalized spacial score (nSPS) is 19.5. The molecule has 3 N–H and O–H groups in total. The second kappa shape index (κ2) is 7.26. The second-order valence-corrected chi connectivity index (χ2v) is 5.22. The fraction of sp³-hybridized carbons (Fsp3) is 0.533. The van der Waals surface area contributed by atoms with Crippen LogP contribution in [0, 0.1) is 0 Å². The number of nitrogens with zero attached hydrogens (tertiary/aromatic N) is 1. The lowest BCUT2D eigenvalue weighted by atomic mass is 9.99. The highest BCUT2D eigenvalue weighted by atomic mass is 16.2. The van der Waals surface area contributed by atoms with Crippen molar-refractivity contribution in [3.8, 4) is 0 Å².